The van der Waals surface area contributed by atoms with Crippen LogP contribution >= 0.6 is 0 Å². The van der Waals surface area contributed by atoms with E-state index in [0.717, 1.165) is 0 Å². The molecule has 10 heteroatoms. The van der Waals surface area contributed by atoms with Crippen LogP contribution < -0.4 is 25.8 Å². The Balaban J connectivity index is 1.41. The number of amides is 4. The minimum atomic E-state index is -1.32. The lowest BCUT2D eigenvalue weighted by Gasteiger charge is -2.26. The molecule has 0 unspecified atom stereocenters. The van der Waals surface area contributed by atoms with E-state index in [1.807, 2.05) is 0 Å². The number of nitrogens with zero attached hydrogens (tertiary/aromatic N) is 1. The van der Waals surface area contributed by atoms with E-state index in [9.17, 15) is 19.2 Å². The minimum absolute atomic E-state index is 0.0317. The molecule has 0 saturated carbocycles. The molecule has 4 aliphatic heterocycles. The van der Waals surface area contributed by atoms with Crippen molar-refractivity contribution in [1.82, 2.24) is 4.90 Å². The Morgan fingerprint density at radius 1 is 1.12 bits per heavy atom. The first-order valence-corrected chi connectivity index (χ1v) is 10.7. The molecule has 4 atom stereocenters. The Bertz CT molecular complexity index is 1250. The predicted molar refractivity (Wildman–Crippen MR) is 111 cm³/mol. The number of carbonyl (C=O) groups is 4. The summed E-state index contributed by atoms with van der Waals surface area (Å²) in [6, 6.07) is 11.7. The van der Waals surface area contributed by atoms with E-state index in [2.05, 4.69) is 5.32 Å². The number of nitrogens with one attached hydrogen (secondary N) is 1. The lowest BCUT2D eigenvalue weighted by molar-refractivity contribution is -0.732. The highest BCUT2D eigenvalue weighted by Crippen LogP contribution is 2.49. The van der Waals surface area contributed by atoms with Crippen LogP contribution in [-0.2, 0) is 31.3 Å². The Morgan fingerprint density at radius 3 is 2.73 bits per heavy atom. The van der Waals surface area contributed by atoms with E-state index in [1.54, 1.807) is 47.8 Å². The van der Waals surface area contributed by atoms with E-state index in [0.29, 0.717) is 28.3 Å². The Labute approximate surface area is 188 Å². The summed E-state index contributed by atoms with van der Waals surface area (Å²) in [7, 11) is 0. The number of rotatable bonds is 4. The fourth-order valence-corrected chi connectivity index (χ4v) is 5.78. The van der Waals surface area contributed by atoms with Crippen LogP contribution in [0.1, 0.15) is 17.5 Å². The zero-order valence-electron chi connectivity index (χ0n) is 17.4. The van der Waals surface area contributed by atoms with Crippen LogP contribution in [-0.4, -0.2) is 41.4 Å². The topological polar surface area (TPSA) is 145 Å². The normalized spacial score (nSPS) is 28.9. The van der Waals surface area contributed by atoms with Gasteiger partial charge in [-0.2, -0.15) is 0 Å². The van der Waals surface area contributed by atoms with Gasteiger partial charge in [-0.15, -0.1) is 0 Å². The number of imide groups is 1. The fourth-order valence-electron chi connectivity index (χ4n) is 5.78. The first-order chi connectivity index (χ1) is 15.9. The maximum Gasteiger partial charge on any atom is 0.291 e. The number of para-hydroxylation sites is 1. The molecule has 6 rings (SSSR count). The van der Waals surface area contributed by atoms with Gasteiger partial charge in [0.1, 0.15) is 17.9 Å². The molecule has 4 amide bonds. The summed E-state index contributed by atoms with van der Waals surface area (Å²) in [5.41, 5.74) is 6.09. The lowest BCUT2D eigenvalue weighted by Crippen LogP contribution is -2.99. The number of quaternary nitrogens is 1. The third-order valence-electron chi connectivity index (χ3n) is 7.08. The summed E-state index contributed by atoms with van der Waals surface area (Å²) in [5.74, 6) is -2.42. The highest BCUT2D eigenvalue weighted by Gasteiger charge is 2.74. The number of benzene rings is 2. The van der Waals surface area contributed by atoms with Crippen molar-refractivity contribution in [2.45, 2.75) is 24.5 Å². The second kappa shape index (κ2) is 6.79. The van der Waals surface area contributed by atoms with Gasteiger partial charge in [0, 0.05) is 5.56 Å². The summed E-state index contributed by atoms with van der Waals surface area (Å²) in [6.07, 6.45) is -0.116. The molecule has 5 N–H and O–H groups in total. The average molecular weight is 449 g/mol. The Hall–Kier alpha value is -3.92. The van der Waals surface area contributed by atoms with Gasteiger partial charge in [0.25, 0.3) is 5.91 Å². The second-order valence-electron chi connectivity index (χ2n) is 8.82. The second-order valence-corrected chi connectivity index (χ2v) is 8.82. The van der Waals surface area contributed by atoms with E-state index < -0.39 is 41.1 Å². The largest absolute Gasteiger partial charge is 0.454 e. The van der Waals surface area contributed by atoms with E-state index in [4.69, 9.17) is 15.2 Å². The smallest absolute Gasteiger partial charge is 0.291 e. The summed E-state index contributed by atoms with van der Waals surface area (Å²) >= 11 is 0. The summed E-state index contributed by atoms with van der Waals surface area (Å²) in [6.45, 7) is 0.149. The monoisotopic (exact) mass is 449 g/mol. The number of carbonyl (C=O) groups excluding carboxylic acids is 4. The van der Waals surface area contributed by atoms with Crippen LogP contribution in [0.5, 0.6) is 11.5 Å². The maximum atomic E-state index is 13.7. The minimum Gasteiger partial charge on any atom is -0.454 e. The van der Waals surface area contributed by atoms with Crippen molar-refractivity contribution >= 4 is 29.3 Å². The third-order valence-corrected chi connectivity index (χ3v) is 7.08. The number of hydrogen-bond donors (Lipinski definition) is 3. The number of fused-ring (bicyclic) bond motifs is 5. The van der Waals surface area contributed by atoms with Crippen molar-refractivity contribution in [3.8, 4) is 11.5 Å². The molecule has 33 heavy (non-hydrogen) atoms. The van der Waals surface area contributed by atoms with Crippen molar-refractivity contribution in [2.24, 2.45) is 17.6 Å². The molecule has 2 aromatic carbocycles. The van der Waals surface area contributed by atoms with Gasteiger partial charge < -0.3 is 25.8 Å². The molecule has 0 bridgehead atoms. The summed E-state index contributed by atoms with van der Waals surface area (Å²) in [5, 5.41) is 4.54. The molecule has 168 valence electrons. The van der Waals surface area contributed by atoms with Crippen molar-refractivity contribution < 1.29 is 34.0 Å². The van der Waals surface area contributed by atoms with E-state index in [1.165, 1.54) is 4.90 Å². The standard InChI is InChI=1S/C23H20N4O6/c24-17(28)8-14-18-19(23(26-14)12-3-1-2-4-13(12)25-22(23)31)21(30)27(20(18)29)9-11-5-6-15-16(7-11)33-10-32-15/h1-7,14,18-19,26H,8-10H2,(H2,24,28)(H,25,31)/p+1/t14-,18+,19-,23-/m0/s1. The Kier molecular flexibility index (Phi) is 4.06. The van der Waals surface area contributed by atoms with Crippen LogP contribution in [0.4, 0.5) is 5.69 Å². The van der Waals surface area contributed by atoms with Crippen molar-refractivity contribution in [3.63, 3.8) is 0 Å². The summed E-state index contributed by atoms with van der Waals surface area (Å²) < 4.78 is 10.7. The molecule has 0 aromatic heterocycles. The highest BCUT2D eigenvalue weighted by atomic mass is 16.7. The molecule has 0 aliphatic carbocycles. The van der Waals surface area contributed by atoms with E-state index >= 15 is 0 Å². The molecule has 10 nitrogen and oxygen atoms in total. The molecule has 2 fully saturated rings. The molecular formula is C23H21N4O6+. The van der Waals surface area contributed by atoms with Crippen molar-refractivity contribution in [3.05, 3.63) is 53.6 Å². The predicted octanol–water partition coefficient (Wildman–Crippen LogP) is -0.815. The van der Waals surface area contributed by atoms with Crippen LogP contribution in [0.25, 0.3) is 0 Å². The molecule has 4 heterocycles. The molecule has 2 saturated heterocycles. The van der Waals surface area contributed by atoms with Crippen molar-refractivity contribution in [1.29, 1.82) is 0 Å². The van der Waals surface area contributed by atoms with Gasteiger partial charge >= 0.3 is 0 Å². The van der Waals surface area contributed by atoms with Crippen LogP contribution in [0, 0.1) is 11.8 Å². The third kappa shape index (κ3) is 2.64. The van der Waals surface area contributed by atoms with Crippen LogP contribution in [0.2, 0.25) is 0 Å². The number of hydrogen-bond acceptors (Lipinski definition) is 6. The zero-order chi connectivity index (χ0) is 22.9. The van der Waals surface area contributed by atoms with Gasteiger partial charge in [-0.1, -0.05) is 24.3 Å². The van der Waals surface area contributed by atoms with Gasteiger partial charge in [0.05, 0.1) is 18.7 Å². The van der Waals surface area contributed by atoms with Gasteiger partial charge in [0.15, 0.2) is 11.5 Å². The first-order valence-electron chi connectivity index (χ1n) is 10.7. The van der Waals surface area contributed by atoms with Gasteiger partial charge in [-0.3, -0.25) is 24.1 Å². The quantitative estimate of drug-likeness (QED) is 0.521. The van der Waals surface area contributed by atoms with Crippen LogP contribution in [0.15, 0.2) is 42.5 Å². The highest BCUT2D eigenvalue weighted by molar-refractivity contribution is 6.14. The summed E-state index contributed by atoms with van der Waals surface area (Å²) in [4.78, 5) is 53.5. The number of anilines is 1. The number of primary amides is 1. The molecule has 2 aromatic rings. The first kappa shape index (κ1) is 19.7. The molecular weight excluding hydrogens is 428 g/mol. The van der Waals surface area contributed by atoms with Gasteiger partial charge in [-0.05, 0) is 23.8 Å². The van der Waals surface area contributed by atoms with Gasteiger partial charge in [0.2, 0.25) is 30.1 Å². The lowest BCUT2D eigenvalue weighted by atomic mass is 9.76. The molecule has 4 aliphatic rings. The SMILES string of the molecule is NC(=O)C[C@@H]1[NH2+][C@]2(C(=O)Nc3ccccc32)[C@@H]2C(=O)N(Cc3ccc4c(c3)OCO4)C(=O)[C@H]12. The number of nitrogens with two attached hydrogens (primary N) is 2. The maximum absolute atomic E-state index is 13.7. The average Bonchev–Trinajstić information content (AvgIpc) is 3.50. The Morgan fingerprint density at radius 2 is 1.91 bits per heavy atom. The fraction of sp³-hybridized carbons (Fsp3) is 0.304. The van der Waals surface area contributed by atoms with Crippen LogP contribution in [0.3, 0.4) is 0 Å². The van der Waals surface area contributed by atoms with Gasteiger partial charge in [-0.25, -0.2) is 0 Å². The number of ether oxygens (including phenoxy) is 2. The van der Waals surface area contributed by atoms with Crippen molar-refractivity contribution in [2.75, 3.05) is 12.1 Å². The molecule has 1 spiro atoms. The number of likely N-dealkylation sites (tertiary alicyclic amines) is 1. The zero-order valence-corrected chi connectivity index (χ0v) is 17.4. The molecule has 0 radical (unpaired) electrons. The van der Waals surface area contributed by atoms with E-state index in [-0.39, 0.29) is 25.7 Å².